The third kappa shape index (κ3) is 4.06. The zero-order chi connectivity index (χ0) is 22.3. The molecule has 0 aliphatic rings. The summed E-state index contributed by atoms with van der Waals surface area (Å²) in [5.74, 6) is -0.426. The number of nitrogens with one attached hydrogen (secondary N) is 2. The first-order valence-corrected chi connectivity index (χ1v) is 10.6. The quantitative estimate of drug-likeness (QED) is 0.448. The van der Waals surface area contributed by atoms with Crippen LogP contribution >= 0.6 is 11.3 Å². The van der Waals surface area contributed by atoms with Crippen LogP contribution in [-0.2, 0) is 4.79 Å². The van der Waals surface area contributed by atoms with Crippen molar-refractivity contribution in [2.24, 2.45) is 0 Å². The Labute approximate surface area is 183 Å². The fourth-order valence-electron chi connectivity index (χ4n) is 3.57. The van der Waals surface area contributed by atoms with Gasteiger partial charge in [0, 0.05) is 33.6 Å². The molecule has 158 valence electrons. The molecule has 0 fully saturated rings. The predicted octanol–water partition coefficient (Wildman–Crippen LogP) is 5.40. The Morgan fingerprint density at radius 2 is 1.81 bits per heavy atom. The van der Waals surface area contributed by atoms with Crippen LogP contribution in [0.2, 0.25) is 0 Å². The van der Waals surface area contributed by atoms with Crippen LogP contribution in [0.4, 0.5) is 11.4 Å². The normalized spacial score (nSPS) is 11.0. The maximum absolute atomic E-state index is 13.3. The van der Waals surface area contributed by atoms with Crippen LogP contribution in [0.15, 0.2) is 34.9 Å². The highest BCUT2D eigenvalue weighted by Gasteiger charge is 2.21. The van der Waals surface area contributed by atoms with Crippen LogP contribution in [0.5, 0.6) is 0 Å². The van der Waals surface area contributed by atoms with Gasteiger partial charge in [-0.1, -0.05) is 5.16 Å². The standard InChI is InChI=1S/C23H22N4O3S/c1-11-8-16(6-7-19(11)24-15(5)28)25-22(29)18-10-20(17-9-12(2)31-14(17)4)26-23-21(18)13(3)27-30-23/h6-10H,1-5H3,(H,24,28)(H,25,29). The Balaban J connectivity index is 1.74. The first-order chi connectivity index (χ1) is 14.7. The SMILES string of the molecule is CC(=O)Nc1ccc(NC(=O)c2cc(-c3cc(C)sc3C)nc3onc(C)c23)cc1C. The average molecular weight is 435 g/mol. The summed E-state index contributed by atoms with van der Waals surface area (Å²) in [5.41, 5.74) is 5.22. The Bertz CT molecular complexity index is 1340. The number of thiophene rings is 1. The summed E-state index contributed by atoms with van der Waals surface area (Å²) in [6, 6.07) is 9.18. The highest BCUT2D eigenvalue weighted by atomic mass is 32.1. The van der Waals surface area contributed by atoms with Gasteiger partial charge in [-0.3, -0.25) is 9.59 Å². The number of aromatic nitrogens is 2. The van der Waals surface area contributed by atoms with Gasteiger partial charge in [0.1, 0.15) is 0 Å². The molecule has 2 N–H and O–H groups in total. The second-order valence-electron chi connectivity index (χ2n) is 7.50. The molecule has 0 saturated carbocycles. The van der Waals surface area contributed by atoms with Gasteiger partial charge in [0.2, 0.25) is 5.91 Å². The lowest BCUT2D eigenvalue weighted by atomic mass is 10.1. The van der Waals surface area contributed by atoms with Crippen molar-refractivity contribution in [1.82, 2.24) is 10.1 Å². The molecule has 1 aromatic carbocycles. The number of aryl methyl sites for hydroxylation is 4. The van der Waals surface area contributed by atoms with E-state index in [9.17, 15) is 9.59 Å². The van der Waals surface area contributed by atoms with Crippen molar-refractivity contribution in [2.75, 3.05) is 10.6 Å². The van der Waals surface area contributed by atoms with E-state index in [2.05, 4.69) is 26.8 Å². The lowest BCUT2D eigenvalue weighted by molar-refractivity contribution is -0.114. The van der Waals surface area contributed by atoms with E-state index in [-0.39, 0.29) is 11.8 Å². The van der Waals surface area contributed by atoms with Crippen LogP contribution in [0.1, 0.15) is 38.3 Å². The highest BCUT2D eigenvalue weighted by molar-refractivity contribution is 7.12. The van der Waals surface area contributed by atoms with Crippen molar-refractivity contribution >= 4 is 45.6 Å². The second-order valence-corrected chi connectivity index (χ2v) is 8.96. The van der Waals surface area contributed by atoms with Crippen molar-refractivity contribution in [2.45, 2.75) is 34.6 Å². The molecule has 0 atom stereocenters. The van der Waals surface area contributed by atoms with Crippen molar-refractivity contribution in [3.63, 3.8) is 0 Å². The maximum atomic E-state index is 13.3. The van der Waals surface area contributed by atoms with Gasteiger partial charge in [0.25, 0.3) is 11.6 Å². The van der Waals surface area contributed by atoms with E-state index in [1.807, 2.05) is 26.8 Å². The first-order valence-electron chi connectivity index (χ1n) is 9.77. The Morgan fingerprint density at radius 3 is 2.45 bits per heavy atom. The minimum absolute atomic E-state index is 0.145. The third-order valence-corrected chi connectivity index (χ3v) is 5.94. The van der Waals surface area contributed by atoms with Crippen LogP contribution in [-0.4, -0.2) is 22.0 Å². The van der Waals surface area contributed by atoms with Crippen molar-refractivity contribution in [3.05, 3.63) is 56.9 Å². The van der Waals surface area contributed by atoms with Crippen LogP contribution in [0.3, 0.4) is 0 Å². The maximum Gasteiger partial charge on any atom is 0.259 e. The zero-order valence-electron chi connectivity index (χ0n) is 17.9. The molecule has 4 rings (SSSR count). The van der Waals surface area contributed by atoms with Gasteiger partial charge in [-0.05, 0) is 63.6 Å². The molecule has 4 aromatic rings. The molecule has 7 nitrogen and oxygen atoms in total. The van der Waals surface area contributed by atoms with Gasteiger partial charge in [0.15, 0.2) is 0 Å². The number of anilines is 2. The van der Waals surface area contributed by atoms with E-state index in [0.717, 1.165) is 16.0 Å². The van der Waals surface area contributed by atoms with E-state index in [1.165, 1.54) is 11.8 Å². The number of nitrogens with zero attached hydrogens (tertiary/aromatic N) is 2. The molecule has 3 aromatic heterocycles. The molecule has 0 unspecified atom stereocenters. The van der Waals surface area contributed by atoms with Crippen LogP contribution in [0, 0.1) is 27.7 Å². The highest BCUT2D eigenvalue weighted by Crippen LogP contribution is 2.33. The number of hydrogen-bond acceptors (Lipinski definition) is 6. The summed E-state index contributed by atoms with van der Waals surface area (Å²) in [4.78, 5) is 31.5. The minimum atomic E-state index is -0.281. The van der Waals surface area contributed by atoms with Gasteiger partial charge in [0.05, 0.1) is 22.3 Å². The summed E-state index contributed by atoms with van der Waals surface area (Å²) >= 11 is 1.68. The van der Waals surface area contributed by atoms with Gasteiger partial charge >= 0.3 is 0 Å². The largest absolute Gasteiger partial charge is 0.335 e. The zero-order valence-corrected chi connectivity index (χ0v) is 18.7. The van der Waals surface area contributed by atoms with E-state index >= 15 is 0 Å². The molecule has 8 heteroatoms. The first kappa shape index (κ1) is 20.7. The van der Waals surface area contributed by atoms with Crippen molar-refractivity contribution in [3.8, 4) is 11.3 Å². The van der Waals surface area contributed by atoms with E-state index < -0.39 is 0 Å². The molecule has 3 heterocycles. The number of carbonyl (C=O) groups excluding carboxylic acids is 2. The van der Waals surface area contributed by atoms with Crippen LogP contribution < -0.4 is 10.6 Å². The minimum Gasteiger partial charge on any atom is -0.335 e. The number of amides is 2. The molecule has 2 amide bonds. The monoisotopic (exact) mass is 434 g/mol. The lowest BCUT2D eigenvalue weighted by Crippen LogP contribution is -2.14. The lowest BCUT2D eigenvalue weighted by Gasteiger charge is -2.11. The molecule has 0 bridgehead atoms. The number of hydrogen-bond donors (Lipinski definition) is 2. The van der Waals surface area contributed by atoms with Gasteiger partial charge < -0.3 is 15.2 Å². The molecule has 0 aliphatic heterocycles. The number of pyridine rings is 1. The van der Waals surface area contributed by atoms with E-state index in [1.54, 1.807) is 36.5 Å². The molecular formula is C23H22N4O3S. The molecular weight excluding hydrogens is 412 g/mol. The molecule has 0 spiro atoms. The summed E-state index contributed by atoms with van der Waals surface area (Å²) in [5, 5.41) is 10.3. The van der Waals surface area contributed by atoms with Gasteiger partial charge in [-0.25, -0.2) is 4.98 Å². The molecule has 0 saturated heterocycles. The van der Waals surface area contributed by atoms with Crippen molar-refractivity contribution < 1.29 is 14.1 Å². The molecule has 31 heavy (non-hydrogen) atoms. The number of fused-ring (bicyclic) bond motifs is 1. The Hall–Kier alpha value is -3.52. The third-order valence-electron chi connectivity index (χ3n) is 4.97. The Morgan fingerprint density at radius 1 is 1.03 bits per heavy atom. The van der Waals surface area contributed by atoms with Gasteiger partial charge in [-0.15, -0.1) is 11.3 Å². The smallest absolute Gasteiger partial charge is 0.259 e. The number of benzene rings is 1. The predicted molar refractivity (Wildman–Crippen MR) is 123 cm³/mol. The summed E-state index contributed by atoms with van der Waals surface area (Å²) in [6.45, 7) is 9.19. The van der Waals surface area contributed by atoms with E-state index in [0.29, 0.717) is 39.4 Å². The van der Waals surface area contributed by atoms with Crippen molar-refractivity contribution in [1.29, 1.82) is 0 Å². The van der Waals surface area contributed by atoms with Gasteiger partial charge in [-0.2, -0.15) is 0 Å². The summed E-state index contributed by atoms with van der Waals surface area (Å²) in [6.07, 6.45) is 0. The summed E-state index contributed by atoms with van der Waals surface area (Å²) in [7, 11) is 0. The molecule has 0 aliphatic carbocycles. The fourth-order valence-corrected chi connectivity index (χ4v) is 4.50. The van der Waals surface area contributed by atoms with Crippen LogP contribution in [0.25, 0.3) is 22.4 Å². The summed E-state index contributed by atoms with van der Waals surface area (Å²) < 4.78 is 5.39. The topological polar surface area (TPSA) is 97.1 Å². The molecule has 0 radical (unpaired) electrons. The Kier molecular flexibility index (Phi) is 5.32. The van der Waals surface area contributed by atoms with E-state index in [4.69, 9.17) is 4.52 Å². The average Bonchev–Trinajstić information content (AvgIpc) is 3.24. The number of carbonyl (C=O) groups is 2. The fraction of sp³-hybridized carbons (Fsp3) is 0.217. The second kappa shape index (κ2) is 7.96. The number of rotatable bonds is 4.